The van der Waals surface area contributed by atoms with Crippen molar-refractivity contribution in [3.63, 3.8) is 0 Å². The molecule has 0 aliphatic heterocycles. The lowest BCUT2D eigenvalue weighted by Gasteiger charge is -2.14. The van der Waals surface area contributed by atoms with Gasteiger partial charge in [-0.1, -0.05) is 15.9 Å². The maximum absolute atomic E-state index is 11.3. The number of carboxylic acid groups (broad SMARTS) is 1. The van der Waals surface area contributed by atoms with Gasteiger partial charge in [0.2, 0.25) is 0 Å². The molecule has 1 rings (SSSR count). The summed E-state index contributed by atoms with van der Waals surface area (Å²) in [4.78, 5) is 22.1. The van der Waals surface area contributed by atoms with Gasteiger partial charge in [-0.2, -0.15) is 0 Å². The number of hydrogen-bond donors (Lipinski definition) is 3. The van der Waals surface area contributed by atoms with Crippen molar-refractivity contribution in [2.45, 2.75) is 6.04 Å². The summed E-state index contributed by atoms with van der Waals surface area (Å²) in [6.45, 7) is 0. The number of carbonyl (C=O) groups excluding carboxylic acids is 1. The molecule has 6 nitrogen and oxygen atoms in total. The van der Waals surface area contributed by atoms with E-state index in [1.54, 1.807) is 0 Å². The van der Waals surface area contributed by atoms with Crippen LogP contribution in [0.25, 0.3) is 0 Å². The highest BCUT2D eigenvalue weighted by atomic mass is 79.9. The Morgan fingerprint density at radius 1 is 1.44 bits per heavy atom. The number of nitrogens with two attached hydrogens (primary N) is 1. The molecule has 0 spiro atoms. The van der Waals surface area contributed by atoms with Gasteiger partial charge >= 0.3 is 11.9 Å². The van der Waals surface area contributed by atoms with E-state index in [1.807, 2.05) is 0 Å². The minimum atomic E-state index is -1.31. The van der Waals surface area contributed by atoms with Gasteiger partial charge in [-0.3, -0.25) is 4.79 Å². The average molecular weight is 341 g/mol. The van der Waals surface area contributed by atoms with E-state index in [2.05, 4.69) is 20.7 Å². The smallest absolute Gasteiger partial charge is 0.339 e. The quantitative estimate of drug-likeness (QED) is 0.718. The third-order valence-corrected chi connectivity index (χ3v) is 2.85. The maximum Gasteiger partial charge on any atom is 0.339 e. The highest BCUT2D eigenvalue weighted by Crippen LogP contribution is 2.34. The summed E-state index contributed by atoms with van der Waals surface area (Å²) in [6.07, 6.45) is 0. The first-order chi connectivity index (χ1) is 7.90. The molecule has 0 aromatic heterocycles. The second-order valence-corrected chi connectivity index (χ2v) is 4.02. The highest BCUT2D eigenvalue weighted by molar-refractivity contribution is 9.10. The van der Waals surface area contributed by atoms with Crippen LogP contribution in [0.5, 0.6) is 5.75 Å². The number of hydrogen-bond acceptors (Lipinski definition) is 5. The molecule has 0 bridgehead atoms. The van der Waals surface area contributed by atoms with Crippen molar-refractivity contribution in [3.05, 3.63) is 27.7 Å². The lowest BCUT2D eigenvalue weighted by atomic mass is 10.0. The van der Waals surface area contributed by atoms with Crippen LogP contribution in [0.1, 0.15) is 22.0 Å². The Bertz CT molecular complexity index is 480. The van der Waals surface area contributed by atoms with E-state index in [9.17, 15) is 14.7 Å². The highest BCUT2D eigenvalue weighted by Gasteiger charge is 2.26. The largest absolute Gasteiger partial charge is 0.507 e. The van der Waals surface area contributed by atoms with Gasteiger partial charge in [0.05, 0.1) is 7.11 Å². The number of carboxylic acids is 1. The predicted octanol–water partition coefficient (Wildman–Crippen LogP) is 1.45. The van der Waals surface area contributed by atoms with Crippen molar-refractivity contribution in [1.82, 2.24) is 0 Å². The van der Waals surface area contributed by atoms with Crippen LogP contribution in [-0.2, 0) is 9.53 Å². The second-order valence-electron chi connectivity index (χ2n) is 3.16. The molecular weight excluding hydrogens is 329 g/mol. The van der Waals surface area contributed by atoms with Gasteiger partial charge in [0.25, 0.3) is 0 Å². The molecule has 1 aromatic rings. The van der Waals surface area contributed by atoms with Gasteiger partial charge in [-0.25, -0.2) is 4.79 Å². The molecule has 0 saturated heterocycles. The normalized spacial score (nSPS) is 11.3. The molecule has 0 aliphatic carbocycles. The molecule has 1 aromatic carbocycles. The number of ether oxygens (including phenoxy) is 1. The standard InChI is InChI=1S/C10H10BrNO5.ClH/c1-17-10(16)7(12)6-5(11)3-2-4(8(6)13)9(14)15;/h2-3,7,13H,12H2,1H3,(H,14,15);1H/t7-;/m0./s1. The Hall–Kier alpha value is -1.31. The molecule has 0 aliphatic rings. The molecule has 1 atom stereocenters. The van der Waals surface area contributed by atoms with Crippen LogP contribution in [0, 0.1) is 0 Å². The molecule has 0 heterocycles. The summed E-state index contributed by atoms with van der Waals surface area (Å²) >= 11 is 3.09. The summed E-state index contributed by atoms with van der Waals surface area (Å²) in [6, 6.07) is 1.34. The number of esters is 1. The van der Waals surface area contributed by atoms with Crippen LogP contribution < -0.4 is 5.73 Å². The number of rotatable bonds is 3. The van der Waals surface area contributed by atoms with Crippen molar-refractivity contribution in [3.8, 4) is 5.75 Å². The topological polar surface area (TPSA) is 110 Å². The Labute approximate surface area is 117 Å². The monoisotopic (exact) mass is 339 g/mol. The van der Waals surface area contributed by atoms with Crippen LogP contribution in [0.4, 0.5) is 0 Å². The van der Waals surface area contributed by atoms with Crippen LogP contribution in [0.3, 0.4) is 0 Å². The molecule has 4 N–H and O–H groups in total. The lowest BCUT2D eigenvalue weighted by Crippen LogP contribution is -2.23. The number of phenols is 1. The molecule has 100 valence electrons. The van der Waals surface area contributed by atoms with Crippen molar-refractivity contribution < 1.29 is 24.5 Å². The van der Waals surface area contributed by atoms with Crippen LogP contribution in [0.15, 0.2) is 16.6 Å². The van der Waals surface area contributed by atoms with Gasteiger partial charge < -0.3 is 20.7 Å². The van der Waals surface area contributed by atoms with Crippen LogP contribution in [0.2, 0.25) is 0 Å². The number of benzene rings is 1. The number of carbonyl (C=O) groups is 2. The van der Waals surface area contributed by atoms with E-state index in [1.165, 1.54) is 12.1 Å². The molecule has 0 unspecified atom stereocenters. The number of aromatic carboxylic acids is 1. The van der Waals surface area contributed by atoms with E-state index in [0.29, 0.717) is 4.47 Å². The minimum absolute atomic E-state index is 0. The number of aromatic hydroxyl groups is 1. The Morgan fingerprint density at radius 2 is 2.00 bits per heavy atom. The summed E-state index contributed by atoms with van der Waals surface area (Å²) in [5.74, 6) is -2.64. The predicted molar refractivity (Wildman–Crippen MR) is 69.0 cm³/mol. The van der Waals surface area contributed by atoms with Crippen LogP contribution >= 0.6 is 28.3 Å². The SMILES string of the molecule is COC(=O)[C@@H](N)c1c(Br)ccc(C(=O)O)c1O.Cl. The fourth-order valence-corrected chi connectivity index (χ4v) is 1.86. The first-order valence-electron chi connectivity index (χ1n) is 4.48. The maximum atomic E-state index is 11.3. The fourth-order valence-electron chi connectivity index (χ4n) is 1.30. The zero-order chi connectivity index (χ0) is 13.2. The minimum Gasteiger partial charge on any atom is -0.507 e. The van der Waals surface area contributed by atoms with Gasteiger partial charge in [0, 0.05) is 10.0 Å². The van der Waals surface area contributed by atoms with Crippen molar-refractivity contribution in [1.29, 1.82) is 0 Å². The third kappa shape index (κ3) is 3.12. The van der Waals surface area contributed by atoms with Gasteiger partial charge in [-0.05, 0) is 12.1 Å². The lowest BCUT2D eigenvalue weighted by molar-refractivity contribution is -0.142. The van der Waals surface area contributed by atoms with Crippen molar-refractivity contribution in [2.75, 3.05) is 7.11 Å². The first-order valence-corrected chi connectivity index (χ1v) is 5.27. The average Bonchev–Trinajstić information content (AvgIpc) is 2.27. The summed E-state index contributed by atoms with van der Waals surface area (Å²) in [5.41, 5.74) is 5.21. The number of methoxy groups -OCH3 is 1. The van der Waals surface area contributed by atoms with E-state index in [4.69, 9.17) is 10.8 Å². The summed E-state index contributed by atoms with van der Waals surface area (Å²) in [5, 5.41) is 18.6. The molecule has 0 fully saturated rings. The molecule has 0 amide bonds. The van der Waals surface area contributed by atoms with Crippen molar-refractivity contribution >= 4 is 40.3 Å². The zero-order valence-electron chi connectivity index (χ0n) is 9.21. The van der Waals surface area contributed by atoms with E-state index in [0.717, 1.165) is 7.11 Å². The van der Waals surface area contributed by atoms with Gasteiger partial charge in [0.1, 0.15) is 17.4 Å². The molecule has 18 heavy (non-hydrogen) atoms. The Balaban J connectivity index is 0.00000289. The number of halogens is 2. The summed E-state index contributed by atoms with van der Waals surface area (Å²) < 4.78 is 4.76. The van der Waals surface area contributed by atoms with Gasteiger partial charge in [0.15, 0.2) is 0 Å². The fraction of sp³-hybridized carbons (Fsp3) is 0.200. The molecule has 0 radical (unpaired) electrons. The zero-order valence-corrected chi connectivity index (χ0v) is 11.6. The van der Waals surface area contributed by atoms with E-state index < -0.39 is 23.7 Å². The Kier molecular flexibility index (Phi) is 6.10. The first kappa shape index (κ1) is 16.7. The Morgan fingerprint density at radius 3 is 2.44 bits per heavy atom. The van der Waals surface area contributed by atoms with E-state index >= 15 is 0 Å². The van der Waals surface area contributed by atoms with Crippen LogP contribution in [-0.4, -0.2) is 29.3 Å². The van der Waals surface area contributed by atoms with Gasteiger partial charge in [-0.15, -0.1) is 12.4 Å². The second kappa shape index (κ2) is 6.58. The molecule has 0 saturated carbocycles. The van der Waals surface area contributed by atoms with Crippen molar-refractivity contribution in [2.24, 2.45) is 5.73 Å². The molecular formula is C10H11BrClNO5. The van der Waals surface area contributed by atoms with E-state index in [-0.39, 0.29) is 23.5 Å². The molecule has 8 heteroatoms. The summed E-state index contributed by atoms with van der Waals surface area (Å²) in [7, 11) is 1.15. The third-order valence-electron chi connectivity index (χ3n) is 2.16.